The van der Waals surface area contributed by atoms with E-state index in [1.165, 1.54) is 18.7 Å². The maximum Gasteiger partial charge on any atom is 0.408 e. The third-order valence-electron chi connectivity index (χ3n) is 7.89. The van der Waals surface area contributed by atoms with E-state index < -0.39 is 59.1 Å². The van der Waals surface area contributed by atoms with E-state index in [1.807, 2.05) is 30.3 Å². The van der Waals surface area contributed by atoms with Crippen molar-refractivity contribution in [2.75, 3.05) is 26.2 Å². The predicted octanol–water partition coefficient (Wildman–Crippen LogP) is 4.21. The zero-order valence-corrected chi connectivity index (χ0v) is 27.7. The first-order chi connectivity index (χ1) is 22.4. The number of ether oxygens (including phenoxy) is 2. The summed E-state index contributed by atoms with van der Waals surface area (Å²) in [5.74, 6) is -2.15. The molecule has 1 fully saturated rings. The Kier molecular flexibility index (Phi) is 10.9. The molecular formula is C34H42F3N5O6. The lowest BCUT2D eigenvalue weighted by Crippen LogP contribution is -2.63. The van der Waals surface area contributed by atoms with E-state index in [0.29, 0.717) is 10.6 Å². The van der Waals surface area contributed by atoms with Crippen molar-refractivity contribution in [1.82, 2.24) is 20.5 Å². The molecule has 0 saturated carbocycles. The largest absolute Gasteiger partial charge is 0.444 e. The molecule has 0 spiro atoms. The van der Waals surface area contributed by atoms with Gasteiger partial charge >= 0.3 is 12.3 Å². The molecule has 2 aromatic rings. The van der Waals surface area contributed by atoms with Gasteiger partial charge in [-0.25, -0.2) is 9.80 Å². The average molecular weight is 674 g/mol. The number of nitrogens with zero attached hydrogens (tertiary/aromatic N) is 3. The number of nitrogens with one attached hydrogen (secondary N) is 2. The molecule has 2 aromatic carbocycles. The molecule has 1 saturated heterocycles. The number of amides is 4. The van der Waals surface area contributed by atoms with Gasteiger partial charge in [0.1, 0.15) is 29.1 Å². The van der Waals surface area contributed by atoms with Gasteiger partial charge in [-0.05, 0) is 52.2 Å². The number of hydrogen-bond acceptors (Lipinski definition) is 7. The van der Waals surface area contributed by atoms with E-state index in [1.54, 1.807) is 51.1 Å². The van der Waals surface area contributed by atoms with Crippen molar-refractivity contribution in [3.63, 3.8) is 0 Å². The maximum absolute atomic E-state index is 14.2. The van der Waals surface area contributed by atoms with Gasteiger partial charge < -0.3 is 25.0 Å². The number of carbonyl (C=O) groups is 4. The van der Waals surface area contributed by atoms with Gasteiger partial charge in [-0.2, -0.15) is 18.3 Å². The molecule has 0 aromatic heterocycles. The Bertz CT molecular complexity index is 1510. The van der Waals surface area contributed by atoms with Crippen molar-refractivity contribution in [3.8, 4) is 0 Å². The molecule has 0 bridgehead atoms. The third-order valence-corrected chi connectivity index (χ3v) is 7.89. The van der Waals surface area contributed by atoms with Crippen LogP contribution in [0.1, 0.15) is 52.2 Å². The van der Waals surface area contributed by atoms with Crippen LogP contribution in [0.15, 0.2) is 65.8 Å². The summed E-state index contributed by atoms with van der Waals surface area (Å²) < 4.78 is 51.4. The molecule has 4 rings (SSSR count). The summed E-state index contributed by atoms with van der Waals surface area (Å²) >= 11 is 0. The molecule has 2 atom stereocenters. The summed E-state index contributed by atoms with van der Waals surface area (Å²) in [6.07, 6.45) is -5.43. The lowest BCUT2D eigenvalue weighted by Gasteiger charge is -2.41. The van der Waals surface area contributed by atoms with Crippen LogP contribution < -0.4 is 10.6 Å². The fourth-order valence-corrected chi connectivity index (χ4v) is 5.61. The Morgan fingerprint density at radius 2 is 1.56 bits per heavy atom. The van der Waals surface area contributed by atoms with Crippen LogP contribution in [0.2, 0.25) is 0 Å². The first-order valence-electron chi connectivity index (χ1n) is 15.6. The lowest BCUT2D eigenvalue weighted by molar-refractivity contribution is -0.164. The van der Waals surface area contributed by atoms with Crippen molar-refractivity contribution in [1.29, 1.82) is 0 Å². The van der Waals surface area contributed by atoms with Crippen molar-refractivity contribution in [3.05, 3.63) is 71.8 Å². The Morgan fingerprint density at radius 1 is 0.958 bits per heavy atom. The van der Waals surface area contributed by atoms with Crippen LogP contribution in [0, 0.1) is 5.41 Å². The number of piperidine rings is 1. The summed E-state index contributed by atoms with van der Waals surface area (Å²) in [5.41, 5.74) is -2.09. The number of carbonyl (C=O) groups excluding carboxylic acids is 4. The Hall–Kier alpha value is -4.46. The molecule has 0 radical (unpaired) electrons. The number of alkyl halides is 3. The van der Waals surface area contributed by atoms with Crippen LogP contribution in [-0.2, 0) is 36.9 Å². The number of halogens is 3. The van der Waals surface area contributed by atoms with Gasteiger partial charge in [0.05, 0.1) is 18.9 Å². The summed E-state index contributed by atoms with van der Waals surface area (Å²) in [5, 5.41) is 9.74. The second-order valence-electron chi connectivity index (χ2n) is 13.6. The Balaban J connectivity index is 1.58. The highest BCUT2D eigenvalue weighted by Crippen LogP contribution is 2.40. The quantitative estimate of drug-likeness (QED) is 0.368. The molecule has 2 aliphatic heterocycles. The molecule has 4 amide bonds. The Labute approximate surface area is 277 Å². The van der Waals surface area contributed by atoms with Crippen molar-refractivity contribution in [2.45, 2.75) is 77.4 Å². The Morgan fingerprint density at radius 3 is 2.15 bits per heavy atom. The van der Waals surface area contributed by atoms with Gasteiger partial charge in [-0.15, -0.1) is 0 Å². The standard InChI is InChI=1S/C34H42F3N5O6/c1-31(2,3)48-30(46)39-32(4,5)28(44)38-25(20-47-19-24-14-10-7-11-15-24)27(43)41-17-16-26-33(21-41,18-23-12-8-6-9-13-23)29(45)42(40-26)22-34(35,36)37/h6-15,25H,16-22H2,1-5H3,(H,38,44)(H,39,46)/t25-,33-/m1/s1. The molecule has 0 aliphatic carbocycles. The molecule has 2 N–H and O–H groups in total. The van der Waals surface area contributed by atoms with Gasteiger partial charge in [0, 0.05) is 19.5 Å². The zero-order valence-electron chi connectivity index (χ0n) is 27.7. The highest BCUT2D eigenvalue weighted by atomic mass is 19.4. The first-order valence-corrected chi connectivity index (χ1v) is 15.6. The number of alkyl carbamates (subject to hydrolysis) is 1. The summed E-state index contributed by atoms with van der Waals surface area (Å²) in [4.78, 5) is 55.3. The monoisotopic (exact) mass is 673 g/mol. The predicted molar refractivity (Wildman–Crippen MR) is 170 cm³/mol. The van der Waals surface area contributed by atoms with Crippen molar-refractivity contribution < 1.29 is 41.8 Å². The number of rotatable bonds is 11. The highest BCUT2D eigenvalue weighted by molar-refractivity contribution is 6.14. The van der Waals surface area contributed by atoms with Gasteiger partial charge in [-0.3, -0.25) is 14.4 Å². The number of hydrazone groups is 1. The minimum atomic E-state index is -4.68. The molecule has 14 heteroatoms. The number of hydrogen-bond donors (Lipinski definition) is 2. The molecular weight excluding hydrogens is 631 g/mol. The molecule has 0 unspecified atom stereocenters. The van der Waals surface area contributed by atoms with Crippen LogP contribution >= 0.6 is 0 Å². The normalized spacial score (nSPS) is 18.9. The van der Waals surface area contributed by atoms with Crippen LogP contribution in [0.25, 0.3) is 0 Å². The molecule has 48 heavy (non-hydrogen) atoms. The second kappa shape index (κ2) is 14.3. The second-order valence-corrected chi connectivity index (χ2v) is 13.6. The van der Waals surface area contributed by atoms with Gasteiger partial charge in [-0.1, -0.05) is 60.7 Å². The maximum atomic E-state index is 14.2. The lowest BCUT2D eigenvalue weighted by atomic mass is 9.73. The smallest absolute Gasteiger partial charge is 0.408 e. The van der Waals surface area contributed by atoms with E-state index in [-0.39, 0.29) is 44.9 Å². The first kappa shape index (κ1) is 36.4. The van der Waals surface area contributed by atoms with Gasteiger partial charge in [0.25, 0.3) is 5.91 Å². The molecule has 2 aliphatic rings. The van der Waals surface area contributed by atoms with E-state index in [4.69, 9.17) is 9.47 Å². The number of benzene rings is 2. The van der Waals surface area contributed by atoms with E-state index in [9.17, 15) is 32.3 Å². The SMILES string of the molecule is CC(C)(C)OC(=O)NC(C)(C)C(=O)N[C@H](COCc1ccccc1)C(=O)N1CCC2=NN(CC(F)(F)F)C(=O)[C@]2(Cc2ccccc2)C1. The van der Waals surface area contributed by atoms with E-state index >= 15 is 0 Å². The third kappa shape index (κ3) is 9.33. The fourth-order valence-electron chi connectivity index (χ4n) is 5.61. The summed E-state index contributed by atoms with van der Waals surface area (Å²) in [6.45, 7) is 6.03. The molecule has 11 nitrogen and oxygen atoms in total. The summed E-state index contributed by atoms with van der Waals surface area (Å²) in [6, 6.07) is 16.7. The van der Waals surface area contributed by atoms with Crippen LogP contribution in [0.5, 0.6) is 0 Å². The number of likely N-dealkylation sites (tertiary alicyclic amines) is 1. The minimum Gasteiger partial charge on any atom is -0.444 e. The zero-order chi connectivity index (χ0) is 35.3. The van der Waals surface area contributed by atoms with Crippen LogP contribution in [0.4, 0.5) is 18.0 Å². The van der Waals surface area contributed by atoms with E-state index in [2.05, 4.69) is 15.7 Å². The topological polar surface area (TPSA) is 130 Å². The van der Waals surface area contributed by atoms with Gasteiger partial charge in [0.2, 0.25) is 11.8 Å². The average Bonchev–Trinajstić information content (AvgIpc) is 3.24. The van der Waals surface area contributed by atoms with Crippen LogP contribution in [-0.4, -0.2) is 89.0 Å². The van der Waals surface area contributed by atoms with Gasteiger partial charge in [0.15, 0.2) is 0 Å². The fraction of sp³-hybridized carbons (Fsp3) is 0.500. The number of fused-ring (bicyclic) bond motifs is 1. The minimum absolute atomic E-state index is 0.0258. The highest BCUT2D eigenvalue weighted by Gasteiger charge is 2.56. The van der Waals surface area contributed by atoms with Crippen molar-refractivity contribution >= 4 is 29.5 Å². The molecule has 2 heterocycles. The van der Waals surface area contributed by atoms with Crippen LogP contribution in [0.3, 0.4) is 0 Å². The van der Waals surface area contributed by atoms with E-state index in [0.717, 1.165) is 5.56 Å². The summed E-state index contributed by atoms with van der Waals surface area (Å²) in [7, 11) is 0. The molecule has 260 valence electrons. The van der Waals surface area contributed by atoms with Crippen molar-refractivity contribution in [2.24, 2.45) is 10.5 Å².